The molecule has 0 aliphatic carbocycles. The van der Waals surface area contributed by atoms with Crippen LogP contribution in [0.5, 0.6) is 0 Å². The summed E-state index contributed by atoms with van der Waals surface area (Å²) >= 11 is 0. The molecule has 0 aromatic heterocycles. The maximum absolute atomic E-state index is 12.8. The number of hydrogen-bond acceptors (Lipinski definition) is 5. The molecule has 2 aromatic carbocycles. The van der Waals surface area contributed by atoms with Crippen molar-refractivity contribution in [1.29, 1.82) is 0 Å². The molecule has 0 bridgehead atoms. The van der Waals surface area contributed by atoms with Gasteiger partial charge in [-0.25, -0.2) is 4.79 Å². The van der Waals surface area contributed by atoms with Gasteiger partial charge in [0.25, 0.3) is 5.91 Å². The predicted octanol–water partition coefficient (Wildman–Crippen LogP) is 3.82. The lowest BCUT2D eigenvalue weighted by atomic mass is 10.1. The van der Waals surface area contributed by atoms with Gasteiger partial charge in [0.05, 0.1) is 13.2 Å². The number of hydrogen-bond donors (Lipinski definition) is 1. The first-order valence-electron chi connectivity index (χ1n) is 10.9. The molecule has 1 saturated heterocycles. The number of amides is 2. The van der Waals surface area contributed by atoms with Gasteiger partial charge in [-0.05, 0) is 56.2 Å². The number of alkyl carbamates (subject to hydrolysis) is 1. The van der Waals surface area contributed by atoms with Crippen molar-refractivity contribution in [3.63, 3.8) is 0 Å². The van der Waals surface area contributed by atoms with Crippen LogP contribution < -0.4 is 10.2 Å². The van der Waals surface area contributed by atoms with Gasteiger partial charge < -0.3 is 24.6 Å². The third kappa shape index (κ3) is 6.99. The number of anilines is 1. The van der Waals surface area contributed by atoms with Crippen molar-refractivity contribution in [3.8, 4) is 0 Å². The van der Waals surface area contributed by atoms with E-state index in [-0.39, 0.29) is 5.91 Å². The molecule has 32 heavy (non-hydrogen) atoms. The summed E-state index contributed by atoms with van der Waals surface area (Å²) in [6.45, 7) is 9.66. The zero-order valence-corrected chi connectivity index (χ0v) is 19.4. The van der Waals surface area contributed by atoms with Crippen LogP contribution in [0.3, 0.4) is 0 Å². The molecule has 2 amide bonds. The minimum Gasteiger partial charge on any atom is -0.444 e. The van der Waals surface area contributed by atoms with Crippen LogP contribution in [-0.4, -0.2) is 55.9 Å². The Morgan fingerprint density at radius 2 is 1.59 bits per heavy atom. The van der Waals surface area contributed by atoms with E-state index in [2.05, 4.69) is 34.5 Å². The number of nitrogens with one attached hydrogen (secondary N) is 1. The summed E-state index contributed by atoms with van der Waals surface area (Å²) in [6.07, 6.45) is -0.461. The van der Waals surface area contributed by atoms with E-state index in [9.17, 15) is 9.59 Å². The van der Waals surface area contributed by atoms with E-state index in [1.807, 2.05) is 32.9 Å². The molecule has 1 fully saturated rings. The maximum Gasteiger partial charge on any atom is 0.407 e. The summed E-state index contributed by atoms with van der Waals surface area (Å²) in [5.41, 5.74) is 3.23. The zero-order chi connectivity index (χ0) is 23.1. The molecule has 1 aliphatic heterocycles. The molecule has 0 radical (unpaired) electrons. The largest absolute Gasteiger partial charge is 0.444 e. The molecule has 1 heterocycles. The molecule has 0 spiro atoms. The van der Waals surface area contributed by atoms with Crippen LogP contribution in [0.1, 0.15) is 42.3 Å². The topological polar surface area (TPSA) is 71.1 Å². The van der Waals surface area contributed by atoms with Crippen molar-refractivity contribution in [3.05, 3.63) is 65.2 Å². The van der Waals surface area contributed by atoms with Crippen LogP contribution in [0.25, 0.3) is 0 Å². The van der Waals surface area contributed by atoms with Crippen LogP contribution in [0, 0.1) is 0 Å². The zero-order valence-electron chi connectivity index (χ0n) is 19.4. The molecular weight excluding hydrogens is 406 g/mol. The van der Waals surface area contributed by atoms with Gasteiger partial charge >= 0.3 is 6.09 Å². The van der Waals surface area contributed by atoms with Crippen LogP contribution in [0.2, 0.25) is 0 Å². The Morgan fingerprint density at radius 3 is 2.19 bits per heavy atom. The van der Waals surface area contributed by atoms with Gasteiger partial charge in [0, 0.05) is 44.5 Å². The van der Waals surface area contributed by atoms with Crippen molar-refractivity contribution in [2.45, 2.75) is 39.5 Å². The van der Waals surface area contributed by atoms with Gasteiger partial charge in [0.15, 0.2) is 0 Å². The van der Waals surface area contributed by atoms with E-state index in [1.54, 1.807) is 24.1 Å². The Hall–Kier alpha value is -3.06. The Balaban J connectivity index is 1.51. The fourth-order valence-corrected chi connectivity index (χ4v) is 3.45. The Kier molecular flexibility index (Phi) is 7.75. The average Bonchev–Trinajstić information content (AvgIpc) is 2.77. The fraction of sp³-hybridized carbons (Fsp3) is 0.440. The summed E-state index contributed by atoms with van der Waals surface area (Å²) in [6, 6.07) is 15.6. The molecule has 0 saturated carbocycles. The molecule has 1 N–H and O–H groups in total. The first-order chi connectivity index (χ1) is 15.2. The molecule has 0 unspecified atom stereocenters. The van der Waals surface area contributed by atoms with Crippen molar-refractivity contribution in [1.82, 2.24) is 10.2 Å². The predicted molar refractivity (Wildman–Crippen MR) is 125 cm³/mol. The van der Waals surface area contributed by atoms with Crippen molar-refractivity contribution < 1.29 is 19.1 Å². The number of carbonyl (C=O) groups is 2. The van der Waals surface area contributed by atoms with Gasteiger partial charge in [-0.3, -0.25) is 4.79 Å². The van der Waals surface area contributed by atoms with Crippen molar-refractivity contribution >= 4 is 17.7 Å². The van der Waals surface area contributed by atoms with Crippen LogP contribution >= 0.6 is 0 Å². The van der Waals surface area contributed by atoms with Gasteiger partial charge in [0.2, 0.25) is 0 Å². The molecule has 7 nitrogen and oxygen atoms in total. The monoisotopic (exact) mass is 439 g/mol. The van der Waals surface area contributed by atoms with Crippen molar-refractivity contribution in [2.24, 2.45) is 0 Å². The highest BCUT2D eigenvalue weighted by Gasteiger charge is 2.16. The second-order valence-corrected chi connectivity index (χ2v) is 8.98. The van der Waals surface area contributed by atoms with E-state index in [4.69, 9.17) is 9.47 Å². The molecule has 7 heteroatoms. The van der Waals surface area contributed by atoms with E-state index in [0.29, 0.717) is 18.7 Å². The van der Waals surface area contributed by atoms with Gasteiger partial charge in [-0.15, -0.1) is 0 Å². The smallest absolute Gasteiger partial charge is 0.407 e. The lowest BCUT2D eigenvalue weighted by Crippen LogP contribution is -2.36. The number of benzene rings is 2. The quantitative estimate of drug-likeness (QED) is 0.741. The maximum atomic E-state index is 12.8. The number of carbonyl (C=O) groups excluding carboxylic acids is 2. The van der Waals surface area contributed by atoms with E-state index < -0.39 is 11.7 Å². The van der Waals surface area contributed by atoms with E-state index in [0.717, 1.165) is 37.4 Å². The number of ether oxygens (including phenoxy) is 2. The Labute approximate surface area is 190 Å². The Bertz CT molecular complexity index is 898. The number of rotatable bonds is 6. The highest BCUT2D eigenvalue weighted by Crippen LogP contribution is 2.18. The van der Waals surface area contributed by atoms with Crippen molar-refractivity contribution in [2.75, 3.05) is 38.3 Å². The highest BCUT2D eigenvalue weighted by molar-refractivity contribution is 5.94. The molecule has 172 valence electrons. The lowest BCUT2D eigenvalue weighted by molar-refractivity contribution is 0.0523. The minimum absolute atomic E-state index is 0.0473. The van der Waals surface area contributed by atoms with E-state index in [1.165, 1.54) is 5.69 Å². The third-order valence-corrected chi connectivity index (χ3v) is 5.12. The van der Waals surface area contributed by atoms with Crippen LogP contribution in [-0.2, 0) is 22.6 Å². The number of morpholine rings is 1. The Morgan fingerprint density at radius 1 is 1.00 bits per heavy atom. The standard InChI is InChI=1S/C25H33N3O4/c1-25(2,3)32-24(30)26-17-19-5-9-21(10-6-19)23(29)27(4)18-20-7-11-22(12-8-20)28-13-15-31-16-14-28/h5-12H,13-18H2,1-4H3,(H,26,30). The fourth-order valence-electron chi connectivity index (χ4n) is 3.45. The average molecular weight is 440 g/mol. The SMILES string of the molecule is CN(Cc1ccc(N2CCOCC2)cc1)C(=O)c1ccc(CNC(=O)OC(C)(C)C)cc1. The summed E-state index contributed by atoms with van der Waals surface area (Å²) < 4.78 is 10.6. The summed E-state index contributed by atoms with van der Waals surface area (Å²) in [5, 5.41) is 2.72. The molecule has 3 rings (SSSR count). The van der Waals surface area contributed by atoms with E-state index >= 15 is 0 Å². The second kappa shape index (κ2) is 10.5. The van der Waals surface area contributed by atoms with Gasteiger partial charge in [-0.2, -0.15) is 0 Å². The normalized spacial score (nSPS) is 14.1. The van der Waals surface area contributed by atoms with Gasteiger partial charge in [0.1, 0.15) is 5.60 Å². The second-order valence-electron chi connectivity index (χ2n) is 8.98. The first kappa shape index (κ1) is 23.6. The summed E-state index contributed by atoms with van der Waals surface area (Å²) in [7, 11) is 1.80. The van der Waals surface area contributed by atoms with Crippen LogP contribution in [0.15, 0.2) is 48.5 Å². The van der Waals surface area contributed by atoms with Crippen LogP contribution in [0.4, 0.5) is 10.5 Å². The summed E-state index contributed by atoms with van der Waals surface area (Å²) in [5.74, 6) is -0.0473. The summed E-state index contributed by atoms with van der Waals surface area (Å²) in [4.78, 5) is 28.6. The molecule has 2 aromatic rings. The first-order valence-corrected chi connectivity index (χ1v) is 10.9. The number of nitrogens with zero attached hydrogens (tertiary/aromatic N) is 2. The molecular formula is C25H33N3O4. The minimum atomic E-state index is -0.534. The lowest BCUT2D eigenvalue weighted by Gasteiger charge is -2.29. The molecule has 0 atom stereocenters. The van der Waals surface area contributed by atoms with Gasteiger partial charge in [-0.1, -0.05) is 24.3 Å². The molecule has 1 aliphatic rings. The third-order valence-electron chi connectivity index (χ3n) is 5.12. The highest BCUT2D eigenvalue weighted by atomic mass is 16.6.